The predicted octanol–water partition coefficient (Wildman–Crippen LogP) is 3.39. The summed E-state index contributed by atoms with van der Waals surface area (Å²) in [6.07, 6.45) is 0. The van der Waals surface area contributed by atoms with Crippen LogP contribution < -0.4 is 15.1 Å². The molecule has 0 aliphatic carbocycles. The fourth-order valence-electron chi connectivity index (χ4n) is 2.38. The first kappa shape index (κ1) is 14.8. The molecule has 2 aromatic carbocycles. The molecule has 5 heteroatoms. The summed E-state index contributed by atoms with van der Waals surface area (Å²) in [5.41, 5.74) is 1.50. The van der Waals surface area contributed by atoms with Gasteiger partial charge < -0.3 is 13.9 Å². The van der Waals surface area contributed by atoms with Crippen molar-refractivity contribution in [2.75, 3.05) is 7.11 Å². The maximum Gasteiger partial charge on any atom is 0.336 e. The van der Waals surface area contributed by atoms with Gasteiger partial charge in [0, 0.05) is 24.4 Å². The Morgan fingerprint density at radius 1 is 1.00 bits per heavy atom. The van der Waals surface area contributed by atoms with E-state index in [1.165, 1.54) is 19.1 Å². The molecular weight excluding hydrogens is 296 g/mol. The number of hydrogen-bond donors (Lipinski definition) is 0. The summed E-state index contributed by atoms with van der Waals surface area (Å²) < 4.78 is 15.4. The lowest BCUT2D eigenvalue weighted by Gasteiger charge is -2.08. The van der Waals surface area contributed by atoms with Gasteiger partial charge >= 0.3 is 11.6 Å². The van der Waals surface area contributed by atoms with E-state index in [2.05, 4.69) is 0 Å². The lowest BCUT2D eigenvalue weighted by molar-refractivity contribution is -0.131. The van der Waals surface area contributed by atoms with Gasteiger partial charge in [-0.2, -0.15) is 0 Å². The molecule has 0 amide bonds. The van der Waals surface area contributed by atoms with Crippen LogP contribution in [0.15, 0.2) is 57.7 Å². The Bertz CT molecular complexity index is 922. The van der Waals surface area contributed by atoms with Gasteiger partial charge in [-0.3, -0.25) is 4.79 Å². The third kappa shape index (κ3) is 3.08. The van der Waals surface area contributed by atoms with Crippen LogP contribution in [0.3, 0.4) is 0 Å². The average Bonchev–Trinajstić information content (AvgIpc) is 2.53. The molecule has 116 valence electrons. The second-order valence-corrected chi connectivity index (χ2v) is 4.96. The number of carbonyl (C=O) groups is 1. The molecule has 0 aliphatic heterocycles. The molecule has 0 spiro atoms. The molecule has 0 aliphatic rings. The average molecular weight is 310 g/mol. The number of esters is 1. The molecule has 5 nitrogen and oxygen atoms in total. The number of carbonyl (C=O) groups excluding carboxylic acids is 1. The first-order valence-corrected chi connectivity index (χ1v) is 6.97. The van der Waals surface area contributed by atoms with Crippen LogP contribution in [0.1, 0.15) is 6.92 Å². The van der Waals surface area contributed by atoms with Crippen molar-refractivity contribution in [3.05, 3.63) is 59.0 Å². The van der Waals surface area contributed by atoms with Gasteiger partial charge in [-0.05, 0) is 35.4 Å². The van der Waals surface area contributed by atoms with Crippen LogP contribution in [0.4, 0.5) is 0 Å². The van der Waals surface area contributed by atoms with Gasteiger partial charge in [0.25, 0.3) is 0 Å². The van der Waals surface area contributed by atoms with Gasteiger partial charge in [0.15, 0.2) is 0 Å². The predicted molar refractivity (Wildman–Crippen MR) is 85.8 cm³/mol. The number of methoxy groups -OCH3 is 1. The molecule has 0 N–H and O–H groups in total. The van der Waals surface area contributed by atoms with Crippen molar-refractivity contribution in [1.29, 1.82) is 0 Å². The van der Waals surface area contributed by atoms with Gasteiger partial charge in [0.05, 0.1) is 7.11 Å². The second kappa shape index (κ2) is 5.96. The number of ether oxygens (including phenoxy) is 2. The summed E-state index contributed by atoms with van der Waals surface area (Å²) in [5.74, 6) is 0.635. The SMILES string of the molecule is COc1ccc(-c2cc(=O)oc3cc(OC(C)=O)ccc23)cc1. The van der Waals surface area contributed by atoms with Gasteiger partial charge in [0.2, 0.25) is 0 Å². The Balaban J connectivity index is 2.16. The standard InChI is InChI=1S/C18H14O5/c1-11(19)22-14-7-8-15-16(10-18(20)23-17(15)9-14)12-3-5-13(21-2)6-4-12/h3-10H,1-2H3. The molecule has 0 radical (unpaired) electrons. The molecule has 0 unspecified atom stereocenters. The number of hydrogen-bond acceptors (Lipinski definition) is 5. The third-order valence-corrected chi connectivity index (χ3v) is 3.38. The Morgan fingerprint density at radius 2 is 1.70 bits per heavy atom. The molecule has 0 bridgehead atoms. The largest absolute Gasteiger partial charge is 0.497 e. The van der Waals surface area contributed by atoms with E-state index in [4.69, 9.17) is 13.9 Å². The fraction of sp³-hybridized carbons (Fsp3) is 0.111. The van der Waals surface area contributed by atoms with E-state index in [9.17, 15) is 9.59 Å². The highest BCUT2D eigenvalue weighted by Crippen LogP contribution is 2.30. The van der Waals surface area contributed by atoms with Crippen molar-refractivity contribution in [3.8, 4) is 22.6 Å². The number of rotatable bonds is 3. The zero-order chi connectivity index (χ0) is 16.4. The van der Waals surface area contributed by atoms with Crippen LogP contribution in [-0.4, -0.2) is 13.1 Å². The van der Waals surface area contributed by atoms with E-state index < -0.39 is 11.6 Å². The lowest BCUT2D eigenvalue weighted by atomic mass is 10.0. The van der Waals surface area contributed by atoms with Crippen LogP contribution in [0.25, 0.3) is 22.1 Å². The highest BCUT2D eigenvalue weighted by molar-refractivity contribution is 5.94. The molecule has 1 aromatic heterocycles. The van der Waals surface area contributed by atoms with Crippen molar-refractivity contribution in [2.24, 2.45) is 0 Å². The normalized spacial score (nSPS) is 10.5. The summed E-state index contributed by atoms with van der Waals surface area (Å²) in [4.78, 5) is 22.9. The van der Waals surface area contributed by atoms with Crippen molar-refractivity contribution in [1.82, 2.24) is 0 Å². The zero-order valence-electron chi connectivity index (χ0n) is 12.7. The van der Waals surface area contributed by atoms with E-state index in [0.29, 0.717) is 11.3 Å². The Labute approximate surface area is 132 Å². The van der Waals surface area contributed by atoms with Crippen LogP contribution in [0, 0.1) is 0 Å². The maximum absolute atomic E-state index is 11.8. The minimum atomic E-state index is -0.469. The van der Waals surface area contributed by atoms with Crippen LogP contribution >= 0.6 is 0 Å². The zero-order valence-corrected chi connectivity index (χ0v) is 12.7. The molecular formula is C18H14O5. The number of benzene rings is 2. The van der Waals surface area contributed by atoms with Crippen molar-refractivity contribution in [2.45, 2.75) is 6.92 Å². The summed E-state index contributed by atoms with van der Waals surface area (Å²) in [6.45, 7) is 1.31. The van der Waals surface area contributed by atoms with E-state index in [1.807, 2.05) is 24.3 Å². The van der Waals surface area contributed by atoms with Gasteiger partial charge in [0.1, 0.15) is 17.1 Å². The Morgan fingerprint density at radius 3 is 2.35 bits per heavy atom. The molecule has 23 heavy (non-hydrogen) atoms. The van der Waals surface area contributed by atoms with E-state index in [-0.39, 0.29) is 0 Å². The fourth-order valence-corrected chi connectivity index (χ4v) is 2.38. The maximum atomic E-state index is 11.8. The molecule has 0 fully saturated rings. The van der Waals surface area contributed by atoms with Gasteiger partial charge in [-0.25, -0.2) is 4.79 Å². The highest BCUT2D eigenvalue weighted by atomic mass is 16.5. The summed E-state index contributed by atoms with van der Waals surface area (Å²) in [5, 5.41) is 0.755. The minimum Gasteiger partial charge on any atom is -0.497 e. The Kier molecular flexibility index (Phi) is 3.85. The second-order valence-electron chi connectivity index (χ2n) is 4.96. The molecule has 3 aromatic rings. The van der Waals surface area contributed by atoms with Crippen molar-refractivity contribution in [3.63, 3.8) is 0 Å². The van der Waals surface area contributed by atoms with Crippen LogP contribution in [0.5, 0.6) is 11.5 Å². The van der Waals surface area contributed by atoms with Crippen LogP contribution in [0.2, 0.25) is 0 Å². The minimum absolute atomic E-state index is 0.333. The van der Waals surface area contributed by atoms with Crippen molar-refractivity contribution < 1.29 is 18.7 Å². The lowest BCUT2D eigenvalue weighted by Crippen LogP contribution is -2.02. The molecule has 0 atom stereocenters. The van der Waals surface area contributed by atoms with E-state index >= 15 is 0 Å². The smallest absolute Gasteiger partial charge is 0.336 e. The topological polar surface area (TPSA) is 65.7 Å². The summed E-state index contributed by atoms with van der Waals surface area (Å²) in [7, 11) is 1.60. The summed E-state index contributed by atoms with van der Waals surface area (Å²) >= 11 is 0. The van der Waals surface area contributed by atoms with Gasteiger partial charge in [-0.1, -0.05) is 12.1 Å². The first-order chi connectivity index (χ1) is 11.1. The van der Waals surface area contributed by atoms with Crippen LogP contribution in [-0.2, 0) is 4.79 Å². The van der Waals surface area contributed by atoms with Gasteiger partial charge in [-0.15, -0.1) is 0 Å². The van der Waals surface area contributed by atoms with Crippen molar-refractivity contribution >= 4 is 16.9 Å². The summed E-state index contributed by atoms with van der Waals surface area (Å²) in [6, 6.07) is 13.8. The van der Waals surface area contributed by atoms with E-state index in [1.54, 1.807) is 19.2 Å². The molecule has 1 heterocycles. The molecule has 0 saturated carbocycles. The quantitative estimate of drug-likeness (QED) is 0.421. The third-order valence-electron chi connectivity index (χ3n) is 3.38. The monoisotopic (exact) mass is 310 g/mol. The Hall–Kier alpha value is -3.08. The number of fused-ring (bicyclic) bond motifs is 1. The first-order valence-electron chi connectivity index (χ1n) is 6.97. The molecule has 0 saturated heterocycles. The molecule has 3 rings (SSSR count). The van der Waals surface area contributed by atoms with E-state index in [0.717, 1.165) is 22.3 Å². The highest BCUT2D eigenvalue weighted by Gasteiger charge is 2.10.